The van der Waals surface area contributed by atoms with E-state index < -0.39 is 152 Å². The Morgan fingerprint density at radius 3 is 0.881 bits per heavy atom. The number of benzene rings is 1. The van der Waals surface area contributed by atoms with Crippen molar-refractivity contribution < 1.29 is 95.5 Å². The van der Waals surface area contributed by atoms with Crippen molar-refractivity contribution in [2.45, 2.75) is 81.4 Å². The van der Waals surface area contributed by atoms with E-state index in [0.29, 0.717) is 5.56 Å². The summed E-state index contributed by atoms with van der Waals surface area (Å²) in [5.74, 6) is -9.12. The van der Waals surface area contributed by atoms with Gasteiger partial charge in [0.1, 0.15) is 42.9 Å². The van der Waals surface area contributed by atoms with Crippen LogP contribution < -0.4 is 43.2 Å². The molecule has 9 N–H and O–H groups in total. The average molecular weight is 977 g/mol. The predicted molar refractivity (Wildman–Crippen MR) is 223 cm³/mol. The third-order valence-electron chi connectivity index (χ3n) is 8.72. The summed E-state index contributed by atoms with van der Waals surface area (Å²) in [4.78, 5) is 167. The van der Waals surface area contributed by atoms with Gasteiger partial charge in [-0.25, -0.2) is 10.6 Å². The third kappa shape index (κ3) is 22.2. The molecule has 372 valence electrons. The molecule has 0 saturated carbocycles. The van der Waals surface area contributed by atoms with Crippen molar-refractivity contribution in [3.8, 4) is 0 Å². The predicted octanol–water partition coefficient (Wildman–Crippen LogP) is -4.50. The number of carbonyl (C=O) groups is 13. The van der Waals surface area contributed by atoms with Gasteiger partial charge < -0.3 is 65.1 Å². The van der Waals surface area contributed by atoms with Gasteiger partial charge in [0.15, 0.2) is 0 Å². The number of esters is 6. The number of rotatable bonds is 26. The highest BCUT2D eigenvalue weighted by molar-refractivity contribution is 6.00. The molecule has 0 fully saturated rings. The average Bonchev–Trinajstić information content (AvgIpc) is 3.31. The molecule has 0 heterocycles. The van der Waals surface area contributed by atoms with E-state index in [0.717, 1.165) is 42.7 Å². The zero-order valence-electron chi connectivity index (χ0n) is 37.0. The van der Waals surface area contributed by atoms with Gasteiger partial charge in [-0.3, -0.25) is 63.0 Å². The van der Waals surface area contributed by atoms with Crippen LogP contribution in [0.15, 0.2) is 30.3 Å². The summed E-state index contributed by atoms with van der Waals surface area (Å²) >= 11 is 0. The van der Waals surface area contributed by atoms with Crippen molar-refractivity contribution in [2.75, 3.05) is 42.7 Å². The lowest BCUT2D eigenvalue weighted by molar-refractivity contribution is -0.147. The molecule has 0 aliphatic heterocycles. The Hall–Kier alpha value is -7.62. The van der Waals surface area contributed by atoms with Crippen molar-refractivity contribution >= 4 is 89.8 Å². The second-order valence-electron chi connectivity index (χ2n) is 13.3. The minimum atomic E-state index is -2.05. The minimum absolute atomic E-state index is 0. The van der Waals surface area contributed by atoms with E-state index in [9.17, 15) is 62.3 Å². The van der Waals surface area contributed by atoms with Crippen LogP contribution in [0.1, 0.15) is 44.1 Å². The molecule has 0 radical (unpaired) electrons. The van der Waals surface area contributed by atoms with E-state index >= 15 is 0 Å². The molecule has 0 spiro atoms. The van der Waals surface area contributed by atoms with Crippen molar-refractivity contribution in [2.24, 2.45) is 5.84 Å². The first kappa shape index (κ1) is 59.4. The molecule has 1 rings (SSSR count). The standard InChI is InChI=1S/C38H52N8O20.ClH/c1-60-26(47)12-20(41-34(55)22(14-28(49)62-3)43-36(57)24(16-30(51)64-5)45-38(59)66-18-19-10-8-7-9-11-19)32(53)40-21(13-27(48)61-2)33(54)42-23(15-29(50)63-4)35(56)44-25(37(58)46-39)17-31(52)65-6;/h7-11,20-25H,12-18,39H2,1-6H3,(H,40,53)(H,41,55)(H,42,54)(H,43,57)(H,44,56)(H,45,59)(H,46,58);1H. The lowest BCUT2D eigenvalue weighted by Crippen LogP contribution is -2.60. The zero-order valence-corrected chi connectivity index (χ0v) is 37.8. The number of ether oxygens (including phenoxy) is 7. The van der Waals surface area contributed by atoms with Gasteiger partial charge in [-0.15, -0.1) is 12.4 Å². The number of nitrogens with two attached hydrogens (primary N) is 1. The van der Waals surface area contributed by atoms with Crippen LogP contribution in [0, 0.1) is 0 Å². The summed E-state index contributed by atoms with van der Waals surface area (Å²) in [6.45, 7) is -0.254. The largest absolute Gasteiger partial charge is 0.469 e. The highest BCUT2D eigenvalue weighted by Gasteiger charge is 2.37. The van der Waals surface area contributed by atoms with E-state index in [1.165, 1.54) is 0 Å². The molecule has 1 aromatic carbocycles. The van der Waals surface area contributed by atoms with Crippen LogP contribution in [-0.2, 0) is 97.3 Å². The number of alkyl carbamates (subject to hydrolysis) is 1. The Morgan fingerprint density at radius 1 is 0.403 bits per heavy atom. The van der Waals surface area contributed by atoms with E-state index in [1.807, 2.05) is 0 Å². The van der Waals surface area contributed by atoms with E-state index in [1.54, 1.807) is 35.8 Å². The van der Waals surface area contributed by atoms with Gasteiger partial charge in [0.05, 0.1) is 81.2 Å². The second-order valence-corrected chi connectivity index (χ2v) is 13.3. The molecule has 67 heavy (non-hydrogen) atoms. The number of carbonyl (C=O) groups excluding carboxylic acids is 13. The van der Waals surface area contributed by atoms with E-state index in [2.05, 4.69) is 60.3 Å². The SMILES string of the molecule is COC(=O)CC(NC(=O)OCc1ccccc1)C(=O)NC(CC(=O)OC)C(=O)NC(CC(=O)OC)C(=O)NC(CC(=O)OC)C(=O)NC(CC(=O)OC)C(=O)NC(CC(=O)OC)C(=O)NN.Cl. The highest BCUT2D eigenvalue weighted by Crippen LogP contribution is 2.08. The summed E-state index contributed by atoms with van der Waals surface area (Å²) in [5.41, 5.74) is 2.28. The first-order valence-electron chi connectivity index (χ1n) is 19.2. The van der Waals surface area contributed by atoms with Crippen LogP contribution in [0.2, 0.25) is 0 Å². The quantitative estimate of drug-likeness (QED) is 0.0143. The van der Waals surface area contributed by atoms with Crippen LogP contribution in [0.5, 0.6) is 0 Å². The molecule has 0 bridgehead atoms. The van der Waals surface area contributed by atoms with E-state index in [4.69, 9.17) is 10.6 Å². The van der Waals surface area contributed by atoms with Gasteiger partial charge in [-0.2, -0.15) is 0 Å². The smallest absolute Gasteiger partial charge is 0.408 e. The molecule has 0 saturated heterocycles. The zero-order chi connectivity index (χ0) is 49.9. The van der Waals surface area contributed by atoms with Gasteiger partial charge in [0.25, 0.3) is 5.91 Å². The van der Waals surface area contributed by atoms with Crippen LogP contribution in [-0.4, -0.2) is 156 Å². The molecule has 0 aliphatic rings. The monoisotopic (exact) mass is 976 g/mol. The normalized spacial score (nSPS) is 12.8. The maximum atomic E-state index is 13.8. The molecule has 7 amide bonds. The molecule has 0 aliphatic carbocycles. The summed E-state index contributed by atoms with van der Waals surface area (Å²) in [7, 11) is 5.64. The van der Waals surface area contributed by atoms with Crippen molar-refractivity contribution in [1.82, 2.24) is 37.3 Å². The number of hydrazine groups is 1. The van der Waals surface area contributed by atoms with Gasteiger partial charge in [-0.1, -0.05) is 30.3 Å². The molecule has 0 aromatic heterocycles. The third-order valence-corrected chi connectivity index (χ3v) is 8.72. The fraction of sp³-hybridized carbons (Fsp3) is 0.500. The molecule has 6 unspecified atom stereocenters. The Kier molecular flexibility index (Phi) is 27.7. The number of hydrogen-bond acceptors (Lipinski definition) is 21. The first-order chi connectivity index (χ1) is 31.2. The maximum Gasteiger partial charge on any atom is 0.408 e. The van der Waals surface area contributed by atoms with Crippen molar-refractivity contribution in [1.29, 1.82) is 0 Å². The highest BCUT2D eigenvalue weighted by atomic mass is 35.5. The molecular weight excluding hydrogens is 924 g/mol. The molecular formula is C38H53ClN8O20. The second kappa shape index (κ2) is 31.3. The summed E-state index contributed by atoms with van der Waals surface area (Å²) in [6.07, 6.45) is -6.64. The van der Waals surface area contributed by atoms with Gasteiger partial charge in [0, 0.05) is 0 Å². The van der Waals surface area contributed by atoms with Crippen molar-refractivity contribution in [3.05, 3.63) is 35.9 Å². The fourth-order valence-corrected chi connectivity index (χ4v) is 5.12. The topological polar surface area (TPSA) is 397 Å². The van der Waals surface area contributed by atoms with Crippen LogP contribution in [0.25, 0.3) is 0 Å². The maximum absolute atomic E-state index is 13.8. The Morgan fingerprint density at radius 2 is 0.642 bits per heavy atom. The number of methoxy groups -OCH3 is 6. The number of halogens is 1. The number of nitrogens with one attached hydrogen (secondary N) is 7. The van der Waals surface area contributed by atoms with Crippen LogP contribution >= 0.6 is 12.4 Å². The molecule has 1 aromatic rings. The van der Waals surface area contributed by atoms with Gasteiger partial charge in [-0.05, 0) is 5.56 Å². The molecule has 29 heteroatoms. The summed E-state index contributed by atoms with van der Waals surface area (Å²) in [6, 6.07) is -3.17. The Bertz CT molecular complexity index is 1940. The lowest BCUT2D eigenvalue weighted by Gasteiger charge is -2.26. The van der Waals surface area contributed by atoms with Gasteiger partial charge in [0.2, 0.25) is 29.5 Å². The van der Waals surface area contributed by atoms with E-state index in [-0.39, 0.29) is 19.0 Å². The summed E-state index contributed by atoms with van der Waals surface area (Å²) in [5, 5.41) is 12.7. The molecule has 6 atom stereocenters. The lowest BCUT2D eigenvalue weighted by atomic mass is 10.1. The minimum Gasteiger partial charge on any atom is -0.469 e. The van der Waals surface area contributed by atoms with Crippen molar-refractivity contribution in [3.63, 3.8) is 0 Å². The Balaban J connectivity index is 0.0000436. The molecule has 28 nitrogen and oxygen atoms in total. The first-order valence-corrected chi connectivity index (χ1v) is 19.2. The van der Waals surface area contributed by atoms with Gasteiger partial charge >= 0.3 is 41.9 Å². The number of hydrogen-bond donors (Lipinski definition) is 8. The Labute approximate surface area is 387 Å². The van der Waals surface area contributed by atoms with Crippen LogP contribution in [0.4, 0.5) is 4.79 Å². The van der Waals surface area contributed by atoms with Crippen LogP contribution in [0.3, 0.4) is 0 Å². The fourth-order valence-electron chi connectivity index (χ4n) is 5.12. The summed E-state index contributed by atoms with van der Waals surface area (Å²) < 4.78 is 32.6. The number of amides is 7.